The van der Waals surface area contributed by atoms with Gasteiger partial charge in [0.15, 0.2) is 0 Å². The first-order chi connectivity index (χ1) is 11.0. The van der Waals surface area contributed by atoms with Crippen LogP contribution in [-0.4, -0.2) is 18.9 Å². The molecule has 2 aromatic rings. The Morgan fingerprint density at radius 2 is 2.04 bits per heavy atom. The molecule has 4 nitrogen and oxygen atoms in total. The Labute approximate surface area is 147 Å². The van der Waals surface area contributed by atoms with Gasteiger partial charge >= 0.3 is 0 Å². The maximum Gasteiger partial charge on any atom is 0.266 e. The van der Waals surface area contributed by atoms with Crippen molar-refractivity contribution in [1.29, 1.82) is 0 Å². The van der Waals surface area contributed by atoms with Gasteiger partial charge in [0.1, 0.15) is 5.00 Å². The number of amides is 2. The van der Waals surface area contributed by atoms with Gasteiger partial charge in [-0.05, 0) is 42.9 Å². The van der Waals surface area contributed by atoms with Gasteiger partial charge in [-0.25, -0.2) is 0 Å². The van der Waals surface area contributed by atoms with Crippen LogP contribution in [0.3, 0.4) is 0 Å². The lowest BCUT2D eigenvalue weighted by molar-refractivity contribution is 0.0963. The molecule has 2 heterocycles. The molecule has 1 unspecified atom stereocenters. The summed E-state index contributed by atoms with van der Waals surface area (Å²) in [6.07, 6.45) is 2.92. The van der Waals surface area contributed by atoms with Crippen LogP contribution in [0.2, 0.25) is 4.34 Å². The van der Waals surface area contributed by atoms with E-state index in [0.717, 1.165) is 24.8 Å². The zero-order valence-corrected chi connectivity index (χ0v) is 15.3. The van der Waals surface area contributed by atoms with E-state index in [1.54, 1.807) is 19.2 Å². The minimum absolute atomic E-state index is 0.142. The third kappa shape index (κ3) is 3.29. The molecule has 2 N–H and O–H groups in total. The molecule has 0 bridgehead atoms. The summed E-state index contributed by atoms with van der Waals surface area (Å²) in [5.41, 5.74) is 1.71. The fraction of sp³-hybridized carbons (Fsp3) is 0.375. The van der Waals surface area contributed by atoms with Crippen LogP contribution < -0.4 is 10.6 Å². The van der Waals surface area contributed by atoms with Crippen molar-refractivity contribution in [2.75, 3.05) is 12.4 Å². The summed E-state index contributed by atoms with van der Waals surface area (Å²) in [5, 5.41) is 6.22. The Kier molecular flexibility index (Phi) is 4.75. The topological polar surface area (TPSA) is 58.2 Å². The lowest BCUT2D eigenvalue weighted by atomic mass is 9.88. The normalized spacial score (nSPS) is 16.7. The molecule has 1 aliphatic carbocycles. The minimum atomic E-state index is -0.223. The number of rotatable bonds is 3. The second-order valence-electron chi connectivity index (χ2n) is 5.69. The number of anilines is 1. The average Bonchev–Trinajstić information content (AvgIpc) is 3.09. The smallest absolute Gasteiger partial charge is 0.266 e. The molecule has 3 rings (SSSR count). The van der Waals surface area contributed by atoms with E-state index < -0.39 is 0 Å². The van der Waals surface area contributed by atoms with E-state index in [-0.39, 0.29) is 11.8 Å². The van der Waals surface area contributed by atoms with Crippen molar-refractivity contribution in [3.05, 3.63) is 37.4 Å². The van der Waals surface area contributed by atoms with Crippen LogP contribution in [0.1, 0.15) is 43.8 Å². The Balaban J connectivity index is 1.95. The minimum Gasteiger partial charge on any atom is -0.355 e. The highest BCUT2D eigenvalue weighted by molar-refractivity contribution is 7.18. The van der Waals surface area contributed by atoms with Crippen molar-refractivity contribution in [3.63, 3.8) is 0 Å². The van der Waals surface area contributed by atoms with Gasteiger partial charge in [-0.3, -0.25) is 9.59 Å². The number of fused-ring (bicyclic) bond motifs is 1. The largest absolute Gasteiger partial charge is 0.355 e. The first kappa shape index (κ1) is 16.5. The monoisotopic (exact) mass is 368 g/mol. The quantitative estimate of drug-likeness (QED) is 0.852. The molecular weight excluding hydrogens is 352 g/mol. The molecule has 2 amide bonds. The maximum absolute atomic E-state index is 12.4. The second-order valence-corrected chi connectivity index (χ2v) is 8.51. The van der Waals surface area contributed by atoms with Gasteiger partial charge in [0.05, 0.1) is 14.8 Å². The van der Waals surface area contributed by atoms with Crippen molar-refractivity contribution in [2.24, 2.45) is 5.92 Å². The van der Waals surface area contributed by atoms with Crippen LogP contribution in [0.4, 0.5) is 5.00 Å². The summed E-state index contributed by atoms with van der Waals surface area (Å²) in [6.45, 7) is 2.22. The summed E-state index contributed by atoms with van der Waals surface area (Å²) in [7, 11) is 1.61. The van der Waals surface area contributed by atoms with Crippen LogP contribution in [0.25, 0.3) is 0 Å². The Morgan fingerprint density at radius 1 is 1.26 bits per heavy atom. The van der Waals surface area contributed by atoms with E-state index in [0.29, 0.717) is 25.7 Å². The molecule has 122 valence electrons. The third-order valence-electron chi connectivity index (χ3n) is 3.99. The number of halogens is 1. The highest BCUT2D eigenvalue weighted by atomic mass is 35.5. The molecule has 0 saturated heterocycles. The molecule has 23 heavy (non-hydrogen) atoms. The number of thiophene rings is 2. The van der Waals surface area contributed by atoms with Gasteiger partial charge in [-0.1, -0.05) is 18.5 Å². The predicted octanol–water partition coefficient (Wildman–Crippen LogP) is 4.20. The lowest BCUT2D eigenvalue weighted by Gasteiger charge is -2.18. The highest BCUT2D eigenvalue weighted by Gasteiger charge is 2.28. The highest BCUT2D eigenvalue weighted by Crippen LogP contribution is 2.40. The maximum atomic E-state index is 12.4. The van der Waals surface area contributed by atoms with Crippen molar-refractivity contribution in [3.8, 4) is 0 Å². The van der Waals surface area contributed by atoms with Crippen molar-refractivity contribution >= 4 is 51.1 Å². The lowest BCUT2D eigenvalue weighted by Crippen LogP contribution is -2.22. The number of hydrogen-bond donors (Lipinski definition) is 2. The standard InChI is InChI=1S/C16H17ClN2O2S2/c1-8-3-4-9-11(7-8)23-16(13(9)15(21)18-2)19-14(20)10-5-6-12(17)22-10/h5-6,8H,3-4,7H2,1-2H3,(H,18,21)(H,19,20). The van der Waals surface area contributed by atoms with Crippen molar-refractivity contribution in [1.82, 2.24) is 5.32 Å². The molecule has 2 aromatic heterocycles. The van der Waals surface area contributed by atoms with E-state index in [2.05, 4.69) is 17.6 Å². The number of nitrogens with one attached hydrogen (secondary N) is 2. The van der Waals surface area contributed by atoms with Crippen molar-refractivity contribution < 1.29 is 9.59 Å². The molecule has 0 saturated carbocycles. The summed E-state index contributed by atoms with van der Waals surface area (Å²) in [5.74, 6) is 0.244. The van der Waals surface area contributed by atoms with Crippen LogP contribution in [0.5, 0.6) is 0 Å². The van der Waals surface area contributed by atoms with Gasteiger partial charge in [-0.2, -0.15) is 0 Å². The Morgan fingerprint density at radius 3 is 2.70 bits per heavy atom. The summed E-state index contributed by atoms with van der Waals surface area (Å²) < 4.78 is 0.570. The first-order valence-corrected chi connectivity index (χ1v) is 9.44. The molecule has 0 fully saturated rings. The van der Waals surface area contributed by atoms with E-state index in [9.17, 15) is 9.59 Å². The van der Waals surface area contributed by atoms with E-state index in [4.69, 9.17) is 11.6 Å². The molecule has 0 radical (unpaired) electrons. The van der Waals surface area contributed by atoms with E-state index in [1.807, 2.05) is 0 Å². The van der Waals surface area contributed by atoms with Crippen LogP contribution >= 0.6 is 34.3 Å². The van der Waals surface area contributed by atoms with E-state index >= 15 is 0 Å². The Bertz CT molecular complexity index is 766. The van der Waals surface area contributed by atoms with Gasteiger partial charge in [-0.15, -0.1) is 22.7 Å². The number of carbonyl (C=O) groups is 2. The van der Waals surface area contributed by atoms with Gasteiger partial charge in [0.2, 0.25) is 0 Å². The zero-order chi connectivity index (χ0) is 16.6. The molecule has 1 atom stereocenters. The number of carbonyl (C=O) groups excluding carboxylic acids is 2. The molecule has 0 aliphatic heterocycles. The summed E-state index contributed by atoms with van der Waals surface area (Å²) in [4.78, 5) is 26.4. The van der Waals surface area contributed by atoms with Gasteiger partial charge < -0.3 is 10.6 Å². The fourth-order valence-corrected chi connectivity index (χ4v) is 5.15. The van der Waals surface area contributed by atoms with Crippen LogP contribution in [0.15, 0.2) is 12.1 Å². The molecule has 7 heteroatoms. The van der Waals surface area contributed by atoms with Gasteiger partial charge in [0, 0.05) is 11.9 Å². The molecule has 1 aliphatic rings. The summed E-state index contributed by atoms with van der Waals surface area (Å²) >= 11 is 8.63. The zero-order valence-electron chi connectivity index (χ0n) is 12.9. The Hall–Kier alpha value is -1.37. The summed E-state index contributed by atoms with van der Waals surface area (Å²) in [6, 6.07) is 3.39. The molecule has 0 aromatic carbocycles. The third-order valence-corrected chi connectivity index (χ3v) is 6.39. The van der Waals surface area contributed by atoms with Crippen molar-refractivity contribution in [2.45, 2.75) is 26.2 Å². The predicted molar refractivity (Wildman–Crippen MR) is 96.2 cm³/mol. The average molecular weight is 369 g/mol. The molecular formula is C16H17ClN2O2S2. The first-order valence-electron chi connectivity index (χ1n) is 7.43. The SMILES string of the molecule is CNC(=O)c1c(NC(=O)c2ccc(Cl)s2)sc2c1CCC(C)C2. The van der Waals surface area contributed by atoms with Gasteiger partial charge in [0.25, 0.3) is 11.8 Å². The molecule has 0 spiro atoms. The van der Waals surface area contributed by atoms with E-state index in [1.165, 1.54) is 27.6 Å². The van der Waals surface area contributed by atoms with Crippen LogP contribution in [0, 0.1) is 5.92 Å². The van der Waals surface area contributed by atoms with Crippen LogP contribution in [-0.2, 0) is 12.8 Å². The fourth-order valence-electron chi connectivity index (χ4n) is 2.81. The second kappa shape index (κ2) is 6.63. The number of hydrogen-bond acceptors (Lipinski definition) is 4.